The van der Waals surface area contributed by atoms with Crippen molar-refractivity contribution in [2.24, 2.45) is 0 Å². The van der Waals surface area contributed by atoms with E-state index in [1.807, 2.05) is 11.3 Å². The first-order valence-electron chi connectivity index (χ1n) is 5.37. The largest absolute Gasteiger partial charge is 0.348 e. The molecule has 1 N–H and O–H groups in total. The van der Waals surface area contributed by atoms with Gasteiger partial charge in [0.15, 0.2) is 0 Å². The van der Waals surface area contributed by atoms with Gasteiger partial charge >= 0.3 is 0 Å². The van der Waals surface area contributed by atoms with E-state index in [0.29, 0.717) is 0 Å². The molecular weight excluding hydrogens is 218 g/mol. The molecule has 86 valence electrons. The van der Waals surface area contributed by atoms with Gasteiger partial charge in [-0.2, -0.15) is 0 Å². The normalized spacial score (nSPS) is 11.2. The van der Waals surface area contributed by atoms with Gasteiger partial charge in [0.25, 0.3) is 0 Å². The lowest BCUT2D eigenvalue weighted by molar-refractivity contribution is 0.317. The molecule has 0 aromatic carbocycles. The summed E-state index contributed by atoms with van der Waals surface area (Å²) in [5, 5.41) is 2.15. The molecule has 0 aliphatic rings. The Labute approximate surface area is 100 Å². The number of aryl methyl sites for hydroxylation is 2. The summed E-state index contributed by atoms with van der Waals surface area (Å²) in [6, 6.07) is 2.17. The van der Waals surface area contributed by atoms with Crippen molar-refractivity contribution in [1.82, 2.24) is 14.9 Å². The molecule has 0 unspecified atom stereocenters. The highest BCUT2D eigenvalue weighted by molar-refractivity contribution is 7.10. The minimum Gasteiger partial charge on any atom is -0.348 e. The van der Waals surface area contributed by atoms with E-state index in [0.717, 1.165) is 24.5 Å². The van der Waals surface area contributed by atoms with Gasteiger partial charge in [-0.05, 0) is 37.9 Å². The van der Waals surface area contributed by atoms with Crippen molar-refractivity contribution < 1.29 is 0 Å². The second-order valence-corrected chi connectivity index (χ2v) is 5.17. The summed E-state index contributed by atoms with van der Waals surface area (Å²) in [6.45, 7) is 6.12. The summed E-state index contributed by atoms with van der Waals surface area (Å²) in [7, 11) is 2.13. The van der Waals surface area contributed by atoms with E-state index in [1.165, 1.54) is 10.4 Å². The number of hydrogen-bond acceptors (Lipinski definition) is 3. The number of thiophene rings is 1. The third kappa shape index (κ3) is 2.51. The van der Waals surface area contributed by atoms with Crippen LogP contribution in [0.15, 0.2) is 17.8 Å². The van der Waals surface area contributed by atoms with Crippen LogP contribution in [0.25, 0.3) is 0 Å². The van der Waals surface area contributed by atoms with E-state index >= 15 is 0 Å². The molecule has 0 aliphatic carbocycles. The van der Waals surface area contributed by atoms with Gasteiger partial charge in [0.2, 0.25) is 0 Å². The lowest BCUT2D eigenvalue weighted by atomic mass is 10.2. The topological polar surface area (TPSA) is 31.9 Å². The van der Waals surface area contributed by atoms with Crippen LogP contribution in [-0.4, -0.2) is 21.9 Å². The molecule has 0 aliphatic heterocycles. The van der Waals surface area contributed by atoms with Crippen LogP contribution in [0.1, 0.15) is 21.8 Å². The van der Waals surface area contributed by atoms with Crippen molar-refractivity contribution in [2.75, 3.05) is 7.05 Å². The summed E-state index contributed by atoms with van der Waals surface area (Å²) in [6.07, 6.45) is 1.76. The molecule has 0 radical (unpaired) electrons. The van der Waals surface area contributed by atoms with Gasteiger partial charge < -0.3 is 4.98 Å². The zero-order valence-electron chi connectivity index (χ0n) is 9.95. The minimum atomic E-state index is 0.896. The number of imidazole rings is 1. The highest BCUT2D eigenvalue weighted by atomic mass is 32.1. The second kappa shape index (κ2) is 4.80. The van der Waals surface area contributed by atoms with Crippen LogP contribution in [0.5, 0.6) is 0 Å². The summed E-state index contributed by atoms with van der Waals surface area (Å²) in [5.74, 6) is 0. The van der Waals surface area contributed by atoms with Gasteiger partial charge in [0, 0.05) is 23.7 Å². The van der Waals surface area contributed by atoms with Gasteiger partial charge in [-0.1, -0.05) is 0 Å². The van der Waals surface area contributed by atoms with Gasteiger partial charge in [-0.25, -0.2) is 4.98 Å². The SMILES string of the molecule is Cc1ccsc1CN(C)Cc1nc[nH]c1C. The fourth-order valence-corrected chi connectivity index (χ4v) is 2.65. The van der Waals surface area contributed by atoms with Crippen LogP contribution in [0, 0.1) is 13.8 Å². The highest BCUT2D eigenvalue weighted by Gasteiger charge is 2.08. The third-order valence-electron chi connectivity index (χ3n) is 2.74. The van der Waals surface area contributed by atoms with Crippen LogP contribution < -0.4 is 0 Å². The maximum absolute atomic E-state index is 4.31. The van der Waals surface area contributed by atoms with E-state index in [9.17, 15) is 0 Å². The summed E-state index contributed by atoms with van der Waals surface area (Å²) in [4.78, 5) is 11.2. The Morgan fingerprint density at radius 3 is 2.75 bits per heavy atom. The molecule has 0 atom stereocenters. The zero-order chi connectivity index (χ0) is 11.5. The smallest absolute Gasteiger partial charge is 0.0925 e. The lowest BCUT2D eigenvalue weighted by Crippen LogP contribution is -2.17. The Balaban J connectivity index is 1.97. The van der Waals surface area contributed by atoms with Crippen molar-refractivity contribution in [1.29, 1.82) is 0 Å². The molecule has 0 saturated heterocycles. The Hall–Kier alpha value is -1.13. The predicted molar refractivity (Wildman–Crippen MR) is 67.6 cm³/mol. The summed E-state index contributed by atoms with van der Waals surface area (Å²) in [5.41, 5.74) is 3.68. The van der Waals surface area contributed by atoms with E-state index in [2.05, 4.69) is 47.2 Å². The van der Waals surface area contributed by atoms with Gasteiger partial charge in [-0.15, -0.1) is 11.3 Å². The molecule has 2 aromatic rings. The zero-order valence-corrected chi connectivity index (χ0v) is 10.8. The summed E-state index contributed by atoms with van der Waals surface area (Å²) < 4.78 is 0. The standard InChI is InChI=1S/C12H17N3S/c1-9-4-5-16-12(9)7-15(3)6-11-10(2)13-8-14-11/h4-5,8H,6-7H2,1-3H3,(H,13,14). The average molecular weight is 235 g/mol. The van der Waals surface area contributed by atoms with Crippen LogP contribution in [0.4, 0.5) is 0 Å². The maximum atomic E-state index is 4.31. The molecule has 16 heavy (non-hydrogen) atoms. The number of H-pyrrole nitrogens is 1. The quantitative estimate of drug-likeness (QED) is 0.883. The fraction of sp³-hybridized carbons (Fsp3) is 0.417. The van der Waals surface area contributed by atoms with Crippen molar-refractivity contribution in [3.8, 4) is 0 Å². The molecule has 2 aromatic heterocycles. The first-order chi connectivity index (χ1) is 7.66. The molecule has 0 fully saturated rings. The van der Waals surface area contributed by atoms with E-state index < -0.39 is 0 Å². The molecule has 2 rings (SSSR count). The Kier molecular flexibility index (Phi) is 3.41. The van der Waals surface area contributed by atoms with Crippen molar-refractivity contribution in [3.63, 3.8) is 0 Å². The molecule has 0 saturated carbocycles. The van der Waals surface area contributed by atoms with Crippen LogP contribution in [0.3, 0.4) is 0 Å². The van der Waals surface area contributed by atoms with E-state index in [4.69, 9.17) is 0 Å². The van der Waals surface area contributed by atoms with Gasteiger partial charge in [0.05, 0.1) is 12.0 Å². The van der Waals surface area contributed by atoms with Crippen molar-refractivity contribution in [3.05, 3.63) is 39.6 Å². The first kappa shape index (κ1) is 11.4. The number of aromatic nitrogens is 2. The number of rotatable bonds is 4. The third-order valence-corrected chi connectivity index (χ3v) is 3.74. The Bertz CT molecular complexity index is 416. The van der Waals surface area contributed by atoms with E-state index in [-0.39, 0.29) is 0 Å². The number of nitrogens with one attached hydrogen (secondary N) is 1. The van der Waals surface area contributed by atoms with Gasteiger partial charge in [0.1, 0.15) is 0 Å². The Morgan fingerprint density at radius 1 is 1.38 bits per heavy atom. The van der Waals surface area contributed by atoms with Crippen LogP contribution in [0.2, 0.25) is 0 Å². The molecule has 4 heteroatoms. The number of aromatic amines is 1. The predicted octanol–water partition coefficient (Wildman–Crippen LogP) is 2.72. The Morgan fingerprint density at radius 2 is 2.19 bits per heavy atom. The minimum absolute atomic E-state index is 0.896. The fourth-order valence-electron chi connectivity index (χ4n) is 1.67. The first-order valence-corrected chi connectivity index (χ1v) is 6.25. The highest BCUT2D eigenvalue weighted by Crippen LogP contribution is 2.18. The lowest BCUT2D eigenvalue weighted by Gasteiger charge is -2.15. The molecule has 0 amide bonds. The van der Waals surface area contributed by atoms with Crippen LogP contribution in [-0.2, 0) is 13.1 Å². The second-order valence-electron chi connectivity index (χ2n) is 4.17. The average Bonchev–Trinajstić information content (AvgIpc) is 2.79. The molecule has 0 bridgehead atoms. The summed E-state index contributed by atoms with van der Waals surface area (Å²) >= 11 is 1.82. The monoisotopic (exact) mass is 235 g/mol. The van der Waals surface area contributed by atoms with E-state index in [1.54, 1.807) is 6.33 Å². The number of hydrogen-bond donors (Lipinski definition) is 1. The molecule has 2 heterocycles. The van der Waals surface area contributed by atoms with Crippen LogP contribution >= 0.6 is 11.3 Å². The van der Waals surface area contributed by atoms with Crippen molar-refractivity contribution >= 4 is 11.3 Å². The van der Waals surface area contributed by atoms with Gasteiger partial charge in [-0.3, -0.25) is 4.90 Å². The molecule has 0 spiro atoms. The molecule has 3 nitrogen and oxygen atoms in total. The molecular formula is C12H17N3S. The number of nitrogens with zero attached hydrogens (tertiary/aromatic N) is 2. The maximum Gasteiger partial charge on any atom is 0.0925 e. The van der Waals surface area contributed by atoms with Crippen molar-refractivity contribution in [2.45, 2.75) is 26.9 Å².